The summed E-state index contributed by atoms with van der Waals surface area (Å²) in [7, 11) is 0. The number of nitrogens with two attached hydrogens (primary N) is 1. The fourth-order valence-electron chi connectivity index (χ4n) is 4.43. The second-order valence-corrected chi connectivity index (χ2v) is 6.63. The lowest BCUT2D eigenvalue weighted by molar-refractivity contribution is -0.166. The highest BCUT2D eigenvalue weighted by Crippen LogP contribution is 2.53. The molecule has 2 aliphatic rings. The number of hydrogen-bond acceptors (Lipinski definition) is 2. The summed E-state index contributed by atoms with van der Waals surface area (Å²) >= 11 is 0. The molecule has 100 valence electrons. The van der Waals surface area contributed by atoms with Gasteiger partial charge in [0.15, 0.2) is 0 Å². The predicted molar refractivity (Wildman–Crippen MR) is 71.7 cm³/mol. The standard InChI is InChI=1S/C15H29NO/c1-12-7-6-10-15(17,13(12)2)14(11-16)8-4-3-5-9-14/h12-13,17H,3-11,16H2,1-2H3. The maximum absolute atomic E-state index is 11.3. The van der Waals surface area contributed by atoms with Gasteiger partial charge in [-0.3, -0.25) is 0 Å². The van der Waals surface area contributed by atoms with E-state index in [0.29, 0.717) is 18.4 Å². The van der Waals surface area contributed by atoms with E-state index in [9.17, 15) is 5.11 Å². The van der Waals surface area contributed by atoms with Crippen LogP contribution in [-0.4, -0.2) is 17.3 Å². The largest absolute Gasteiger partial charge is 0.389 e. The summed E-state index contributed by atoms with van der Waals surface area (Å²) in [5.74, 6) is 1.04. The average Bonchev–Trinajstić information content (AvgIpc) is 2.36. The molecular formula is C15H29NO. The van der Waals surface area contributed by atoms with Crippen molar-refractivity contribution in [3.05, 3.63) is 0 Å². The van der Waals surface area contributed by atoms with Crippen LogP contribution in [0.3, 0.4) is 0 Å². The Kier molecular flexibility index (Phi) is 3.84. The third kappa shape index (κ3) is 2.04. The maximum Gasteiger partial charge on any atom is 0.0743 e. The topological polar surface area (TPSA) is 46.2 Å². The van der Waals surface area contributed by atoms with Crippen molar-refractivity contribution in [2.45, 2.75) is 70.8 Å². The van der Waals surface area contributed by atoms with Crippen molar-refractivity contribution in [3.8, 4) is 0 Å². The summed E-state index contributed by atoms with van der Waals surface area (Å²) in [5, 5.41) is 11.3. The number of rotatable bonds is 2. The molecule has 0 bridgehead atoms. The average molecular weight is 239 g/mol. The Labute approximate surface area is 106 Å². The van der Waals surface area contributed by atoms with Crippen LogP contribution < -0.4 is 5.73 Å². The van der Waals surface area contributed by atoms with Gasteiger partial charge in [0.25, 0.3) is 0 Å². The van der Waals surface area contributed by atoms with Crippen molar-refractivity contribution in [2.24, 2.45) is 23.0 Å². The quantitative estimate of drug-likeness (QED) is 0.778. The predicted octanol–water partition coefficient (Wildman–Crippen LogP) is 3.08. The lowest BCUT2D eigenvalue weighted by atomic mass is 9.53. The molecule has 0 radical (unpaired) electrons. The lowest BCUT2D eigenvalue weighted by Crippen LogP contribution is -2.59. The Morgan fingerprint density at radius 1 is 1.06 bits per heavy atom. The molecule has 0 saturated heterocycles. The van der Waals surface area contributed by atoms with Crippen molar-refractivity contribution in [1.82, 2.24) is 0 Å². The molecule has 2 aliphatic carbocycles. The maximum atomic E-state index is 11.3. The van der Waals surface area contributed by atoms with Crippen molar-refractivity contribution in [1.29, 1.82) is 0 Å². The van der Waals surface area contributed by atoms with E-state index in [-0.39, 0.29) is 5.41 Å². The molecule has 2 nitrogen and oxygen atoms in total. The molecule has 0 aromatic heterocycles. The minimum absolute atomic E-state index is 0.0132. The highest BCUT2D eigenvalue weighted by molar-refractivity contribution is 5.06. The molecule has 3 atom stereocenters. The molecule has 2 heteroatoms. The zero-order valence-electron chi connectivity index (χ0n) is 11.5. The summed E-state index contributed by atoms with van der Waals surface area (Å²) in [6, 6.07) is 0. The van der Waals surface area contributed by atoms with E-state index in [4.69, 9.17) is 5.73 Å². The van der Waals surface area contributed by atoms with Gasteiger partial charge >= 0.3 is 0 Å². The Morgan fingerprint density at radius 3 is 2.29 bits per heavy atom. The van der Waals surface area contributed by atoms with Crippen LogP contribution in [-0.2, 0) is 0 Å². The Balaban J connectivity index is 2.26. The molecule has 3 unspecified atom stereocenters. The first-order valence-electron chi connectivity index (χ1n) is 7.48. The van der Waals surface area contributed by atoms with Crippen LogP contribution in [0.1, 0.15) is 65.2 Å². The normalized spacial score (nSPS) is 42.4. The zero-order valence-corrected chi connectivity index (χ0v) is 11.5. The first-order chi connectivity index (χ1) is 8.06. The van der Waals surface area contributed by atoms with E-state index >= 15 is 0 Å². The Hall–Kier alpha value is -0.0800. The van der Waals surface area contributed by atoms with Gasteiger partial charge in [0.05, 0.1) is 5.60 Å². The van der Waals surface area contributed by atoms with Crippen molar-refractivity contribution in [2.75, 3.05) is 6.54 Å². The number of aliphatic hydroxyl groups is 1. The molecule has 3 N–H and O–H groups in total. The molecule has 0 amide bonds. The molecule has 0 spiro atoms. The van der Waals surface area contributed by atoms with E-state index < -0.39 is 5.60 Å². The van der Waals surface area contributed by atoms with Gasteiger partial charge in [0.1, 0.15) is 0 Å². The Bertz CT molecular complexity index is 260. The molecule has 2 saturated carbocycles. The second kappa shape index (κ2) is 4.89. The van der Waals surface area contributed by atoms with Gasteiger partial charge in [-0.2, -0.15) is 0 Å². The first-order valence-corrected chi connectivity index (χ1v) is 7.48. The molecule has 0 heterocycles. The second-order valence-electron chi connectivity index (χ2n) is 6.63. The van der Waals surface area contributed by atoms with Gasteiger partial charge in [-0.25, -0.2) is 0 Å². The zero-order chi connectivity index (χ0) is 12.5. The summed E-state index contributed by atoms with van der Waals surface area (Å²) in [6.45, 7) is 5.21. The van der Waals surface area contributed by atoms with Crippen LogP contribution in [0.15, 0.2) is 0 Å². The van der Waals surface area contributed by atoms with Crippen LogP contribution in [0.2, 0.25) is 0 Å². The van der Waals surface area contributed by atoms with Crippen LogP contribution >= 0.6 is 0 Å². The van der Waals surface area contributed by atoms with E-state index in [2.05, 4.69) is 13.8 Å². The fourth-order valence-corrected chi connectivity index (χ4v) is 4.43. The SMILES string of the molecule is CC1CCCC(O)(C2(CN)CCCCC2)C1C. The lowest BCUT2D eigenvalue weighted by Gasteiger charge is -2.55. The smallest absolute Gasteiger partial charge is 0.0743 e. The summed E-state index contributed by atoms with van der Waals surface area (Å²) in [5.41, 5.74) is 5.62. The van der Waals surface area contributed by atoms with Crippen LogP contribution in [0.4, 0.5) is 0 Å². The monoisotopic (exact) mass is 239 g/mol. The Morgan fingerprint density at radius 2 is 1.71 bits per heavy atom. The van der Waals surface area contributed by atoms with Gasteiger partial charge < -0.3 is 10.8 Å². The third-order valence-corrected chi connectivity index (χ3v) is 5.94. The van der Waals surface area contributed by atoms with Gasteiger partial charge in [0, 0.05) is 12.0 Å². The minimum Gasteiger partial charge on any atom is -0.389 e. The molecule has 0 aromatic carbocycles. The van der Waals surface area contributed by atoms with E-state index in [1.54, 1.807) is 0 Å². The van der Waals surface area contributed by atoms with Crippen molar-refractivity contribution < 1.29 is 5.11 Å². The van der Waals surface area contributed by atoms with Gasteiger partial charge in [-0.05, 0) is 31.1 Å². The van der Waals surface area contributed by atoms with Crippen LogP contribution in [0.5, 0.6) is 0 Å². The molecule has 2 rings (SSSR count). The first kappa shape index (κ1) is 13.4. The summed E-state index contributed by atoms with van der Waals surface area (Å²) in [4.78, 5) is 0. The number of hydrogen-bond donors (Lipinski definition) is 2. The summed E-state index contributed by atoms with van der Waals surface area (Å²) in [6.07, 6.45) is 9.50. The fraction of sp³-hybridized carbons (Fsp3) is 1.00. The van der Waals surface area contributed by atoms with Crippen LogP contribution in [0, 0.1) is 17.3 Å². The van der Waals surface area contributed by atoms with Gasteiger partial charge in [0.2, 0.25) is 0 Å². The molecule has 0 aliphatic heterocycles. The molecular weight excluding hydrogens is 210 g/mol. The van der Waals surface area contributed by atoms with Crippen LogP contribution in [0.25, 0.3) is 0 Å². The van der Waals surface area contributed by atoms with E-state index in [1.807, 2.05) is 0 Å². The third-order valence-electron chi connectivity index (χ3n) is 5.94. The molecule has 0 aromatic rings. The van der Waals surface area contributed by atoms with Gasteiger partial charge in [-0.15, -0.1) is 0 Å². The van der Waals surface area contributed by atoms with E-state index in [1.165, 1.54) is 32.1 Å². The van der Waals surface area contributed by atoms with Crippen molar-refractivity contribution in [3.63, 3.8) is 0 Å². The van der Waals surface area contributed by atoms with E-state index in [0.717, 1.165) is 19.3 Å². The van der Waals surface area contributed by atoms with Gasteiger partial charge in [-0.1, -0.05) is 46.0 Å². The molecule has 2 fully saturated rings. The highest BCUT2D eigenvalue weighted by Gasteiger charge is 2.54. The summed E-state index contributed by atoms with van der Waals surface area (Å²) < 4.78 is 0. The minimum atomic E-state index is -0.500. The highest BCUT2D eigenvalue weighted by atomic mass is 16.3. The van der Waals surface area contributed by atoms with Crippen molar-refractivity contribution >= 4 is 0 Å². The molecule has 17 heavy (non-hydrogen) atoms.